The molecule has 0 saturated carbocycles. The number of benzene rings is 1. The van der Waals surface area contributed by atoms with Crippen LogP contribution >= 0.6 is 45.2 Å². The number of carbonyl (C=O) groups excluding carboxylic acids is 1. The van der Waals surface area contributed by atoms with Gasteiger partial charge in [-0.15, -0.1) is 0 Å². The van der Waals surface area contributed by atoms with Crippen LogP contribution in [0, 0.1) is 6.92 Å². The van der Waals surface area contributed by atoms with Crippen LogP contribution in [0.4, 0.5) is 0 Å². The fourth-order valence-electron chi connectivity index (χ4n) is 2.52. The minimum atomic E-state index is -0.401. The van der Waals surface area contributed by atoms with Gasteiger partial charge in [-0.1, -0.05) is 63.4 Å². The summed E-state index contributed by atoms with van der Waals surface area (Å²) in [5.41, 5.74) is 1.54. The summed E-state index contributed by atoms with van der Waals surface area (Å²) in [4.78, 5) is 20.4. The zero-order chi connectivity index (χ0) is 20.3. The third-order valence-electron chi connectivity index (χ3n) is 3.44. The lowest BCUT2D eigenvalue weighted by molar-refractivity contribution is 0.0145. The number of fused-ring (bicyclic) bond motifs is 1. The third kappa shape index (κ3) is 8.10. The Labute approximate surface area is 184 Å². The predicted octanol–water partition coefficient (Wildman–Crippen LogP) is 4.49. The smallest absolute Gasteiger partial charge is 0.374 e. The molecule has 0 N–H and O–H groups in total. The molecule has 2 rings (SSSR count). The van der Waals surface area contributed by atoms with E-state index in [4.69, 9.17) is 9.15 Å². The van der Waals surface area contributed by atoms with Gasteiger partial charge in [0.15, 0.2) is 0 Å². The molecular formula is C19H30I2N2O3. The molecule has 0 amide bonds. The van der Waals surface area contributed by atoms with Crippen molar-refractivity contribution in [3.63, 3.8) is 0 Å². The number of para-hydroxylation sites is 1. The molecular weight excluding hydrogens is 558 g/mol. The SMILES string of the molecule is CI.CI.Cc1c(C(=O)OC(CN(C)C)CN(C)C)oc2ccccc12. The lowest BCUT2D eigenvalue weighted by Crippen LogP contribution is -2.38. The summed E-state index contributed by atoms with van der Waals surface area (Å²) in [5, 5.41) is 0.950. The molecule has 148 valence electrons. The number of aryl methyl sites for hydroxylation is 1. The predicted molar refractivity (Wildman–Crippen MR) is 127 cm³/mol. The van der Waals surface area contributed by atoms with Gasteiger partial charge in [-0.2, -0.15) is 0 Å². The van der Waals surface area contributed by atoms with E-state index in [1.54, 1.807) is 0 Å². The number of halogens is 2. The first-order valence-corrected chi connectivity index (χ1v) is 12.4. The summed E-state index contributed by atoms with van der Waals surface area (Å²) in [5.74, 6) is -0.105. The number of esters is 1. The second kappa shape index (κ2) is 13.7. The summed E-state index contributed by atoms with van der Waals surface area (Å²) < 4.78 is 11.3. The molecule has 26 heavy (non-hydrogen) atoms. The molecule has 0 spiro atoms. The number of rotatable bonds is 6. The van der Waals surface area contributed by atoms with E-state index in [0.29, 0.717) is 24.4 Å². The minimum absolute atomic E-state index is 0.204. The van der Waals surface area contributed by atoms with Gasteiger partial charge in [0.2, 0.25) is 5.76 Å². The Morgan fingerprint density at radius 2 is 1.54 bits per heavy atom. The molecule has 1 aromatic carbocycles. The van der Waals surface area contributed by atoms with Crippen molar-refractivity contribution in [2.45, 2.75) is 13.0 Å². The number of hydrogen-bond acceptors (Lipinski definition) is 5. The fraction of sp³-hybridized carbons (Fsp3) is 0.526. The number of hydrogen-bond donors (Lipinski definition) is 0. The summed E-state index contributed by atoms with van der Waals surface area (Å²) in [6.45, 7) is 3.22. The van der Waals surface area contributed by atoms with Gasteiger partial charge in [0.05, 0.1) is 0 Å². The van der Waals surface area contributed by atoms with Crippen LogP contribution in [0.15, 0.2) is 28.7 Å². The number of furan rings is 1. The molecule has 0 radical (unpaired) electrons. The topological polar surface area (TPSA) is 45.9 Å². The summed E-state index contributed by atoms with van der Waals surface area (Å²) in [7, 11) is 7.84. The number of likely N-dealkylation sites (N-methyl/N-ethyl adjacent to an activating group) is 2. The molecule has 0 saturated heterocycles. The zero-order valence-electron chi connectivity index (χ0n) is 16.7. The first-order chi connectivity index (χ1) is 12.4. The monoisotopic (exact) mass is 588 g/mol. The van der Waals surface area contributed by atoms with Crippen LogP contribution in [-0.2, 0) is 4.74 Å². The summed E-state index contributed by atoms with van der Waals surface area (Å²) >= 11 is 4.30. The van der Waals surface area contributed by atoms with Crippen LogP contribution in [0.5, 0.6) is 0 Å². The highest BCUT2D eigenvalue weighted by atomic mass is 127. The van der Waals surface area contributed by atoms with Crippen molar-refractivity contribution < 1.29 is 13.9 Å². The quantitative estimate of drug-likeness (QED) is 0.283. The second-order valence-corrected chi connectivity index (χ2v) is 6.10. The van der Waals surface area contributed by atoms with E-state index in [1.807, 2.05) is 79.0 Å². The van der Waals surface area contributed by atoms with Gasteiger partial charge in [0.25, 0.3) is 0 Å². The van der Waals surface area contributed by atoms with E-state index in [0.717, 1.165) is 10.9 Å². The lowest BCUT2D eigenvalue weighted by atomic mass is 10.1. The Balaban J connectivity index is 0.00000146. The van der Waals surface area contributed by atoms with Crippen molar-refractivity contribution in [2.24, 2.45) is 0 Å². The number of nitrogens with zero attached hydrogens (tertiary/aromatic N) is 2. The standard InChI is InChI=1S/C17H24N2O3.2CH3I/c1-12-14-8-6-7-9-15(14)22-16(12)17(20)21-13(10-18(2)3)11-19(4)5;2*1-2/h6-9,13H,10-11H2,1-5H3;2*1H3. The Kier molecular flexibility index (Phi) is 13.5. The van der Waals surface area contributed by atoms with E-state index >= 15 is 0 Å². The Bertz CT molecular complexity index is 647. The molecule has 0 bridgehead atoms. The Hall–Kier alpha value is -0.390. The Morgan fingerprint density at radius 3 is 2.00 bits per heavy atom. The number of alkyl halides is 2. The Morgan fingerprint density at radius 1 is 1.04 bits per heavy atom. The molecule has 0 aliphatic carbocycles. The van der Waals surface area contributed by atoms with E-state index in [9.17, 15) is 4.79 Å². The number of ether oxygens (including phenoxy) is 1. The minimum Gasteiger partial charge on any atom is -0.454 e. The molecule has 0 unspecified atom stereocenters. The van der Waals surface area contributed by atoms with Crippen LogP contribution in [0.3, 0.4) is 0 Å². The van der Waals surface area contributed by atoms with Crippen LogP contribution in [-0.4, -0.2) is 73.0 Å². The molecule has 5 nitrogen and oxygen atoms in total. The summed E-state index contributed by atoms with van der Waals surface area (Å²) in [6.07, 6.45) is -0.204. The average Bonchev–Trinajstić information content (AvgIpc) is 2.95. The van der Waals surface area contributed by atoms with Crippen molar-refractivity contribution in [1.82, 2.24) is 9.80 Å². The molecule has 1 aromatic heterocycles. The van der Waals surface area contributed by atoms with Gasteiger partial charge in [0, 0.05) is 24.0 Å². The van der Waals surface area contributed by atoms with Crippen molar-refractivity contribution in [2.75, 3.05) is 51.1 Å². The zero-order valence-corrected chi connectivity index (χ0v) is 21.0. The normalized spacial score (nSPS) is 10.5. The van der Waals surface area contributed by atoms with Gasteiger partial charge in [-0.05, 0) is 51.0 Å². The molecule has 0 fully saturated rings. The van der Waals surface area contributed by atoms with Gasteiger partial charge < -0.3 is 19.0 Å². The van der Waals surface area contributed by atoms with Gasteiger partial charge in [-0.25, -0.2) is 4.79 Å². The largest absolute Gasteiger partial charge is 0.454 e. The average molecular weight is 588 g/mol. The number of carbonyl (C=O) groups is 1. The molecule has 2 aromatic rings. The van der Waals surface area contributed by atoms with Gasteiger partial charge >= 0.3 is 5.97 Å². The lowest BCUT2D eigenvalue weighted by Gasteiger charge is -2.24. The van der Waals surface area contributed by atoms with Crippen molar-refractivity contribution in [1.29, 1.82) is 0 Å². The molecule has 0 atom stereocenters. The molecule has 0 aliphatic heterocycles. The van der Waals surface area contributed by atoms with Crippen molar-refractivity contribution in [3.8, 4) is 0 Å². The van der Waals surface area contributed by atoms with E-state index in [-0.39, 0.29) is 6.10 Å². The fourth-order valence-corrected chi connectivity index (χ4v) is 2.52. The highest BCUT2D eigenvalue weighted by molar-refractivity contribution is 14.1. The third-order valence-corrected chi connectivity index (χ3v) is 3.44. The van der Waals surface area contributed by atoms with Crippen molar-refractivity contribution in [3.05, 3.63) is 35.6 Å². The first-order valence-electron chi connectivity index (χ1n) is 8.12. The summed E-state index contributed by atoms with van der Waals surface area (Å²) in [6, 6.07) is 7.63. The van der Waals surface area contributed by atoms with E-state index in [2.05, 4.69) is 45.2 Å². The maximum absolute atomic E-state index is 12.5. The second-order valence-electron chi connectivity index (χ2n) is 6.10. The van der Waals surface area contributed by atoms with Gasteiger partial charge in [-0.3, -0.25) is 0 Å². The molecule has 7 heteroatoms. The highest BCUT2D eigenvalue weighted by Gasteiger charge is 2.23. The molecule has 0 aliphatic rings. The first kappa shape index (κ1) is 25.6. The maximum atomic E-state index is 12.5. The highest BCUT2D eigenvalue weighted by Crippen LogP contribution is 2.25. The van der Waals surface area contributed by atoms with Crippen LogP contribution in [0.1, 0.15) is 16.1 Å². The van der Waals surface area contributed by atoms with E-state index in [1.165, 1.54) is 0 Å². The van der Waals surface area contributed by atoms with Crippen molar-refractivity contribution >= 4 is 62.1 Å². The van der Waals surface area contributed by atoms with Crippen LogP contribution in [0.25, 0.3) is 11.0 Å². The van der Waals surface area contributed by atoms with E-state index < -0.39 is 5.97 Å². The molecule has 1 heterocycles. The van der Waals surface area contributed by atoms with Crippen LogP contribution < -0.4 is 0 Å². The maximum Gasteiger partial charge on any atom is 0.374 e. The van der Waals surface area contributed by atoms with Gasteiger partial charge in [0.1, 0.15) is 11.7 Å². The van der Waals surface area contributed by atoms with Crippen LogP contribution in [0.2, 0.25) is 0 Å².